The zero-order chi connectivity index (χ0) is 12.0. The Balaban J connectivity index is 0.000000296. The number of ether oxygens (including phenoxy) is 1. The van der Waals surface area contributed by atoms with E-state index < -0.39 is 0 Å². The van der Waals surface area contributed by atoms with Crippen LogP contribution in [0.3, 0.4) is 0 Å². The fourth-order valence-electron chi connectivity index (χ4n) is 2.48. The van der Waals surface area contributed by atoms with Crippen molar-refractivity contribution in [2.45, 2.75) is 59.5 Å². The lowest BCUT2D eigenvalue weighted by molar-refractivity contribution is -0.138. The topological polar surface area (TPSA) is 38.3 Å². The first-order valence-electron chi connectivity index (χ1n) is 6.35. The van der Waals surface area contributed by atoms with Gasteiger partial charge in [0.2, 0.25) is 0 Å². The van der Waals surface area contributed by atoms with Crippen LogP contribution in [0.15, 0.2) is 0 Å². The van der Waals surface area contributed by atoms with Crippen LogP contribution in [0.1, 0.15) is 53.9 Å². The standard InChI is InChI=1S/C8H15N.C5H10O2.CH4/c1-2-7-4-5-9-6-8(7)3-1;1-5(2,3)7-4-6;/h7-9H,1-6H2;4H,1-3H3;1H4. The Labute approximate surface area is 106 Å². The largest absolute Gasteiger partial charge is 0.462 e. The highest BCUT2D eigenvalue weighted by Crippen LogP contribution is 2.34. The highest BCUT2D eigenvalue weighted by atomic mass is 16.5. The summed E-state index contributed by atoms with van der Waals surface area (Å²) >= 11 is 0. The molecule has 0 bridgehead atoms. The van der Waals surface area contributed by atoms with E-state index in [0.29, 0.717) is 6.47 Å². The van der Waals surface area contributed by atoms with Gasteiger partial charge in [0, 0.05) is 0 Å². The van der Waals surface area contributed by atoms with Gasteiger partial charge in [-0.1, -0.05) is 20.3 Å². The van der Waals surface area contributed by atoms with Crippen molar-refractivity contribution in [1.29, 1.82) is 0 Å². The number of nitrogens with one attached hydrogen (secondary N) is 1. The first-order valence-corrected chi connectivity index (χ1v) is 6.35. The second-order valence-electron chi connectivity index (χ2n) is 5.77. The lowest BCUT2D eigenvalue weighted by Crippen LogP contribution is -2.33. The van der Waals surface area contributed by atoms with E-state index in [9.17, 15) is 4.79 Å². The van der Waals surface area contributed by atoms with E-state index >= 15 is 0 Å². The van der Waals surface area contributed by atoms with Gasteiger partial charge in [-0.15, -0.1) is 0 Å². The molecule has 17 heavy (non-hydrogen) atoms. The Morgan fingerprint density at radius 1 is 1.18 bits per heavy atom. The van der Waals surface area contributed by atoms with Crippen molar-refractivity contribution in [2.24, 2.45) is 11.8 Å². The molecule has 0 aromatic rings. The Morgan fingerprint density at radius 2 is 1.82 bits per heavy atom. The smallest absolute Gasteiger partial charge is 0.293 e. The number of fused-ring (bicyclic) bond motifs is 1. The number of hydrogen-bond donors (Lipinski definition) is 1. The maximum Gasteiger partial charge on any atom is 0.293 e. The molecule has 2 rings (SSSR count). The molecule has 2 unspecified atom stereocenters. The summed E-state index contributed by atoms with van der Waals surface area (Å²) in [6, 6.07) is 0. The van der Waals surface area contributed by atoms with Crippen LogP contribution in [0.2, 0.25) is 0 Å². The molecule has 3 nitrogen and oxygen atoms in total. The summed E-state index contributed by atoms with van der Waals surface area (Å²) in [5, 5.41) is 3.46. The van der Waals surface area contributed by atoms with Crippen molar-refractivity contribution in [3.8, 4) is 0 Å². The Kier molecular flexibility index (Phi) is 7.44. The van der Waals surface area contributed by atoms with Gasteiger partial charge in [0.15, 0.2) is 0 Å². The molecule has 2 fully saturated rings. The fraction of sp³-hybridized carbons (Fsp3) is 0.929. The molecule has 0 spiro atoms. The van der Waals surface area contributed by atoms with Crippen molar-refractivity contribution in [3.05, 3.63) is 0 Å². The summed E-state index contributed by atoms with van der Waals surface area (Å²) in [7, 11) is 0. The SMILES string of the molecule is C.C1CC2CCNCC2C1.CC(C)(C)OC=O. The van der Waals surface area contributed by atoms with Gasteiger partial charge < -0.3 is 10.1 Å². The van der Waals surface area contributed by atoms with E-state index in [-0.39, 0.29) is 13.0 Å². The second-order valence-corrected chi connectivity index (χ2v) is 5.77. The Bertz CT molecular complexity index is 199. The van der Waals surface area contributed by atoms with Crippen molar-refractivity contribution < 1.29 is 9.53 Å². The van der Waals surface area contributed by atoms with Crippen LogP contribution in [-0.2, 0) is 9.53 Å². The van der Waals surface area contributed by atoms with Crippen molar-refractivity contribution in [3.63, 3.8) is 0 Å². The maximum absolute atomic E-state index is 9.60. The molecule has 0 radical (unpaired) electrons. The first-order chi connectivity index (χ1) is 7.53. The lowest BCUT2D eigenvalue weighted by Gasteiger charge is -2.25. The minimum absolute atomic E-state index is 0. The highest BCUT2D eigenvalue weighted by molar-refractivity contribution is 5.37. The third-order valence-corrected chi connectivity index (χ3v) is 3.32. The monoisotopic (exact) mass is 243 g/mol. The van der Waals surface area contributed by atoms with Crippen LogP contribution < -0.4 is 5.32 Å². The van der Waals surface area contributed by atoms with Crippen molar-refractivity contribution in [1.82, 2.24) is 5.32 Å². The summed E-state index contributed by atoms with van der Waals surface area (Å²) < 4.78 is 4.55. The van der Waals surface area contributed by atoms with E-state index in [4.69, 9.17) is 0 Å². The highest BCUT2D eigenvalue weighted by Gasteiger charge is 2.28. The third-order valence-electron chi connectivity index (χ3n) is 3.32. The lowest BCUT2D eigenvalue weighted by atomic mass is 9.90. The van der Waals surface area contributed by atoms with Crippen LogP contribution in [0.4, 0.5) is 0 Å². The Morgan fingerprint density at radius 3 is 2.29 bits per heavy atom. The molecule has 102 valence electrons. The quantitative estimate of drug-likeness (QED) is 0.720. The molecule has 1 N–H and O–H groups in total. The van der Waals surface area contributed by atoms with E-state index in [2.05, 4.69) is 10.1 Å². The van der Waals surface area contributed by atoms with E-state index in [1.807, 2.05) is 20.8 Å². The van der Waals surface area contributed by atoms with E-state index in [1.54, 1.807) is 0 Å². The normalized spacial score (nSPS) is 27.0. The molecule has 0 aromatic heterocycles. The van der Waals surface area contributed by atoms with Crippen LogP contribution in [0.5, 0.6) is 0 Å². The molecular weight excluding hydrogens is 214 g/mol. The molecule has 1 aliphatic carbocycles. The molecule has 2 aliphatic rings. The average molecular weight is 243 g/mol. The summed E-state index contributed by atoms with van der Waals surface area (Å²) in [5.74, 6) is 2.16. The van der Waals surface area contributed by atoms with Gasteiger partial charge >= 0.3 is 0 Å². The zero-order valence-corrected chi connectivity index (χ0v) is 10.8. The number of carbonyl (C=O) groups excluding carboxylic acids is 1. The van der Waals surface area contributed by atoms with Crippen LogP contribution >= 0.6 is 0 Å². The number of carbonyl (C=O) groups is 1. The minimum Gasteiger partial charge on any atom is -0.462 e. The number of hydrogen-bond acceptors (Lipinski definition) is 3. The van der Waals surface area contributed by atoms with Gasteiger partial charge in [-0.2, -0.15) is 0 Å². The average Bonchev–Trinajstić information content (AvgIpc) is 2.64. The fourth-order valence-corrected chi connectivity index (χ4v) is 2.48. The van der Waals surface area contributed by atoms with Crippen LogP contribution in [0, 0.1) is 11.8 Å². The molecule has 1 saturated heterocycles. The molecule has 1 saturated carbocycles. The Hall–Kier alpha value is -0.570. The minimum atomic E-state index is -0.318. The summed E-state index contributed by atoms with van der Waals surface area (Å²) in [6.07, 6.45) is 5.96. The molecule has 0 aromatic carbocycles. The summed E-state index contributed by atoms with van der Waals surface area (Å²) in [4.78, 5) is 9.60. The summed E-state index contributed by atoms with van der Waals surface area (Å²) in [5.41, 5.74) is -0.318. The van der Waals surface area contributed by atoms with Gasteiger partial charge in [0.1, 0.15) is 5.60 Å². The zero-order valence-electron chi connectivity index (χ0n) is 10.8. The predicted octanol–water partition coefficient (Wildman–Crippen LogP) is 2.99. The van der Waals surface area contributed by atoms with Gasteiger partial charge in [-0.3, -0.25) is 4.79 Å². The second kappa shape index (κ2) is 7.70. The third kappa shape index (κ3) is 6.67. The molecule has 1 aliphatic heterocycles. The maximum atomic E-state index is 9.60. The van der Waals surface area contributed by atoms with E-state index in [1.165, 1.54) is 38.8 Å². The molecule has 2 atom stereocenters. The van der Waals surface area contributed by atoms with E-state index in [0.717, 1.165) is 11.8 Å². The predicted molar refractivity (Wildman–Crippen MR) is 72.0 cm³/mol. The molecular formula is C14H29NO2. The first kappa shape index (κ1) is 16.4. The molecule has 1 heterocycles. The number of piperidine rings is 1. The van der Waals surface area contributed by atoms with Gasteiger partial charge in [-0.25, -0.2) is 0 Å². The van der Waals surface area contributed by atoms with Gasteiger partial charge in [-0.05, 0) is 58.5 Å². The molecule has 0 amide bonds. The van der Waals surface area contributed by atoms with Gasteiger partial charge in [0.25, 0.3) is 6.47 Å². The van der Waals surface area contributed by atoms with Gasteiger partial charge in [0.05, 0.1) is 0 Å². The molecule has 3 heteroatoms. The number of rotatable bonds is 1. The summed E-state index contributed by atoms with van der Waals surface area (Å²) in [6.45, 7) is 8.51. The van der Waals surface area contributed by atoms with Crippen LogP contribution in [0.25, 0.3) is 0 Å². The van der Waals surface area contributed by atoms with Crippen molar-refractivity contribution in [2.75, 3.05) is 13.1 Å². The van der Waals surface area contributed by atoms with Crippen LogP contribution in [-0.4, -0.2) is 25.2 Å². The van der Waals surface area contributed by atoms with Crippen molar-refractivity contribution >= 4 is 6.47 Å².